The molecule has 0 bridgehead atoms. The zero-order valence-corrected chi connectivity index (χ0v) is 15.6. The number of nitrogens with one attached hydrogen (secondary N) is 2. The second-order valence-electron chi connectivity index (χ2n) is 8.04. The molecule has 3 atom stereocenters. The average Bonchev–Trinajstić information content (AvgIpc) is 2.90. The van der Waals surface area contributed by atoms with Crippen LogP contribution in [0.15, 0.2) is 12.1 Å². The maximum atomic E-state index is 12.9. The first-order valence-electron chi connectivity index (χ1n) is 9.24. The highest BCUT2D eigenvalue weighted by molar-refractivity contribution is 5.99. The number of benzene rings is 1. The van der Waals surface area contributed by atoms with Crippen molar-refractivity contribution in [2.75, 3.05) is 0 Å². The normalized spacial score (nSPS) is 25.4. The third kappa shape index (κ3) is 2.39. The van der Waals surface area contributed by atoms with Gasteiger partial charge in [-0.05, 0) is 43.4 Å². The van der Waals surface area contributed by atoms with E-state index in [0.717, 1.165) is 34.1 Å². The number of hydrogen-bond donors (Lipinski definition) is 3. The number of aromatic hydroxyl groups is 1. The predicted molar refractivity (Wildman–Crippen MR) is 98.8 cm³/mol. The molecule has 0 saturated carbocycles. The van der Waals surface area contributed by atoms with Crippen molar-refractivity contribution >= 4 is 22.7 Å². The fourth-order valence-corrected chi connectivity index (χ4v) is 4.37. The summed E-state index contributed by atoms with van der Waals surface area (Å²) in [7, 11) is 0. The molecule has 26 heavy (non-hydrogen) atoms. The van der Waals surface area contributed by atoms with Gasteiger partial charge in [0.2, 0.25) is 11.8 Å². The Morgan fingerprint density at radius 3 is 2.73 bits per heavy atom. The molecule has 0 radical (unpaired) electrons. The Kier molecular flexibility index (Phi) is 3.75. The molecule has 1 aromatic heterocycles. The van der Waals surface area contributed by atoms with Gasteiger partial charge in [0.05, 0.1) is 6.04 Å². The van der Waals surface area contributed by atoms with Crippen molar-refractivity contribution in [3.8, 4) is 5.75 Å². The van der Waals surface area contributed by atoms with Crippen LogP contribution in [0, 0.1) is 12.8 Å². The number of piperazine rings is 1. The van der Waals surface area contributed by atoms with E-state index in [9.17, 15) is 14.7 Å². The number of fused-ring (bicyclic) bond motifs is 4. The Labute approximate surface area is 152 Å². The lowest BCUT2D eigenvalue weighted by atomic mass is 9.85. The lowest BCUT2D eigenvalue weighted by Crippen LogP contribution is -2.65. The van der Waals surface area contributed by atoms with E-state index in [0.29, 0.717) is 12.3 Å². The molecular formula is C20H25N3O3. The van der Waals surface area contributed by atoms with E-state index in [4.69, 9.17) is 0 Å². The monoisotopic (exact) mass is 355 g/mol. The van der Waals surface area contributed by atoms with Gasteiger partial charge in [0, 0.05) is 29.1 Å². The molecule has 4 rings (SSSR count). The second-order valence-corrected chi connectivity index (χ2v) is 8.04. The molecule has 6 heteroatoms. The van der Waals surface area contributed by atoms with Crippen LogP contribution in [0.25, 0.3) is 10.9 Å². The Morgan fingerprint density at radius 2 is 2.04 bits per heavy atom. The first-order chi connectivity index (χ1) is 12.3. The number of amides is 2. The van der Waals surface area contributed by atoms with Gasteiger partial charge in [-0.2, -0.15) is 0 Å². The Bertz CT molecular complexity index is 915. The van der Waals surface area contributed by atoms with Crippen molar-refractivity contribution in [2.45, 2.75) is 58.7 Å². The van der Waals surface area contributed by atoms with E-state index in [1.807, 2.05) is 13.0 Å². The maximum absolute atomic E-state index is 12.9. The Hall–Kier alpha value is -2.50. The fourth-order valence-electron chi connectivity index (χ4n) is 4.37. The summed E-state index contributed by atoms with van der Waals surface area (Å²) in [6.45, 7) is 7.86. The number of nitrogens with zero attached hydrogens (tertiary/aromatic N) is 1. The van der Waals surface area contributed by atoms with Crippen LogP contribution in [-0.2, 0) is 16.0 Å². The highest BCUT2D eigenvalue weighted by atomic mass is 16.3. The van der Waals surface area contributed by atoms with E-state index < -0.39 is 12.1 Å². The fraction of sp³-hybridized carbons (Fsp3) is 0.500. The van der Waals surface area contributed by atoms with Crippen molar-refractivity contribution < 1.29 is 14.7 Å². The number of H-pyrrole nitrogens is 1. The quantitative estimate of drug-likeness (QED) is 0.774. The van der Waals surface area contributed by atoms with Gasteiger partial charge in [0.25, 0.3) is 0 Å². The number of aryl methyl sites for hydroxylation is 1. The van der Waals surface area contributed by atoms with Crippen molar-refractivity contribution in [3.63, 3.8) is 0 Å². The van der Waals surface area contributed by atoms with Crippen LogP contribution in [0.2, 0.25) is 0 Å². The van der Waals surface area contributed by atoms with Gasteiger partial charge in [-0.1, -0.05) is 13.8 Å². The van der Waals surface area contributed by atoms with Crippen molar-refractivity contribution in [2.24, 2.45) is 5.92 Å². The molecule has 3 N–H and O–H groups in total. The number of phenolic OH excluding ortho intramolecular Hbond substituents is 1. The molecule has 6 nitrogen and oxygen atoms in total. The van der Waals surface area contributed by atoms with Gasteiger partial charge in [0.15, 0.2) is 0 Å². The second kappa shape index (κ2) is 5.76. The molecule has 2 aliphatic rings. The van der Waals surface area contributed by atoms with Crippen LogP contribution in [-0.4, -0.2) is 38.9 Å². The Balaban J connectivity index is 1.92. The van der Waals surface area contributed by atoms with Gasteiger partial charge >= 0.3 is 0 Å². The molecule has 0 aliphatic carbocycles. The first-order valence-corrected chi connectivity index (χ1v) is 9.24. The molecular weight excluding hydrogens is 330 g/mol. The van der Waals surface area contributed by atoms with Gasteiger partial charge in [0.1, 0.15) is 17.8 Å². The number of hydrogen-bond acceptors (Lipinski definition) is 3. The van der Waals surface area contributed by atoms with Gasteiger partial charge in [-0.15, -0.1) is 0 Å². The zero-order valence-electron chi connectivity index (χ0n) is 15.6. The summed E-state index contributed by atoms with van der Waals surface area (Å²) < 4.78 is 0. The third-order valence-electron chi connectivity index (χ3n) is 5.64. The van der Waals surface area contributed by atoms with E-state index in [2.05, 4.69) is 24.1 Å². The van der Waals surface area contributed by atoms with Crippen molar-refractivity contribution in [1.29, 1.82) is 0 Å². The number of rotatable bonds is 2. The number of carbonyl (C=O) groups is 2. The molecule has 1 saturated heterocycles. The lowest BCUT2D eigenvalue weighted by molar-refractivity contribution is -0.153. The summed E-state index contributed by atoms with van der Waals surface area (Å²) in [5.41, 5.74) is 3.75. The molecule has 2 aliphatic heterocycles. The minimum atomic E-state index is -0.495. The number of carbonyl (C=O) groups excluding carboxylic acids is 2. The van der Waals surface area contributed by atoms with Gasteiger partial charge in [-0.25, -0.2) is 0 Å². The maximum Gasteiger partial charge on any atom is 0.246 e. The van der Waals surface area contributed by atoms with E-state index in [1.165, 1.54) is 0 Å². The SMILES string of the molecule is Cc1cc2c3c([nH]c2cc1O)[C@H](CC(C)C)N1C(=O)[C@H](C)NC(=O)[C@@H]1C3. The van der Waals surface area contributed by atoms with Gasteiger partial charge in [-0.3, -0.25) is 9.59 Å². The lowest BCUT2D eigenvalue weighted by Gasteiger charge is -2.46. The van der Waals surface area contributed by atoms with Crippen LogP contribution in [0.4, 0.5) is 0 Å². The predicted octanol–water partition coefficient (Wildman–Crippen LogP) is 2.54. The van der Waals surface area contributed by atoms with Crippen LogP contribution >= 0.6 is 0 Å². The summed E-state index contributed by atoms with van der Waals surface area (Å²) in [5.74, 6) is 0.517. The zero-order chi connectivity index (χ0) is 18.7. The van der Waals surface area contributed by atoms with Crippen molar-refractivity contribution in [3.05, 3.63) is 29.0 Å². The first kappa shape index (κ1) is 16.9. The van der Waals surface area contributed by atoms with E-state index in [-0.39, 0.29) is 23.6 Å². The molecule has 1 aromatic carbocycles. The largest absolute Gasteiger partial charge is 0.508 e. The highest BCUT2D eigenvalue weighted by Crippen LogP contribution is 2.42. The van der Waals surface area contributed by atoms with Gasteiger partial charge < -0.3 is 20.3 Å². The minimum absolute atomic E-state index is 0.0245. The molecule has 0 spiro atoms. The molecule has 0 unspecified atom stereocenters. The van der Waals surface area contributed by atoms with Crippen LogP contribution in [0.1, 0.15) is 50.1 Å². The Morgan fingerprint density at radius 1 is 1.31 bits per heavy atom. The summed E-state index contributed by atoms with van der Waals surface area (Å²) in [4.78, 5) is 30.8. The standard InChI is InChI=1S/C20H25N3O3/c1-9(2)5-15-18-13(12-6-10(3)17(24)8-14(12)22-18)7-16-19(25)21-11(4)20(26)23(15)16/h6,8-9,11,15-16,22,24H,5,7H2,1-4H3,(H,21,25)/t11-,15-,16-/m0/s1. The van der Waals surface area contributed by atoms with Crippen molar-refractivity contribution in [1.82, 2.24) is 15.2 Å². The summed E-state index contributed by atoms with van der Waals surface area (Å²) in [5, 5.41) is 13.9. The molecule has 138 valence electrons. The number of aromatic nitrogens is 1. The number of phenols is 1. The van der Waals surface area contributed by atoms with Crippen LogP contribution < -0.4 is 5.32 Å². The van der Waals surface area contributed by atoms with Crippen LogP contribution in [0.3, 0.4) is 0 Å². The molecule has 2 aromatic rings. The van der Waals surface area contributed by atoms with Crippen LogP contribution in [0.5, 0.6) is 5.75 Å². The summed E-state index contributed by atoms with van der Waals surface area (Å²) >= 11 is 0. The topological polar surface area (TPSA) is 85.4 Å². The molecule has 1 fully saturated rings. The molecule has 3 heterocycles. The minimum Gasteiger partial charge on any atom is -0.508 e. The smallest absolute Gasteiger partial charge is 0.246 e. The van der Waals surface area contributed by atoms with E-state index in [1.54, 1.807) is 17.9 Å². The molecule has 2 amide bonds. The number of aromatic amines is 1. The summed E-state index contributed by atoms with van der Waals surface area (Å²) in [6.07, 6.45) is 1.28. The summed E-state index contributed by atoms with van der Waals surface area (Å²) in [6, 6.07) is 2.58. The average molecular weight is 355 g/mol. The highest BCUT2D eigenvalue weighted by Gasteiger charge is 2.47. The van der Waals surface area contributed by atoms with E-state index >= 15 is 0 Å². The third-order valence-corrected chi connectivity index (χ3v) is 5.64.